The molecule has 1 aliphatic rings. The van der Waals surface area contributed by atoms with Crippen molar-refractivity contribution in [2.45, 2.75) is 12.5 Å². The lowest BCUT2D eigenvalue weighted by Crippen LogP contribution is -2.34. The molecule has 1 heterocycles. The standard InChI is InChI=1S/C15H21FN2OS2/c1-18-7-9-21-8-6-11(18)10-17-15(20-2)12-4-3-5-13(16)14(12)19/h3-5,11,19H,6-10H2,1-2H3. The van der Waals surface area contributed by atoms with E-state index < -0.39 is 5.82 Å². The first kappa shape index (κ1) is 16.6. The Balaban J connectivity index is 2.14. The average Bonchev–Trinajstić information content (AvgIpc) is 2.68. The SMILES string of the molecule is CSC(=NCC1CCSCCN1C)c1cccc(F)c1O. The summed E-state index contributed by atoms with van der Waals surface area (Å²) in [5.74, 6) is 1.41. The van der Waals surface area contributed by atoms with Crippen LogP contribution in [0.4, 0.5) is 4.39 Å². The van der Waals surface area contributed by atoms with E-state index in [0.717, 1.165) is 24.5 Å². The van der Waals surface area contributed by atoms with Crippen LogP contribution in [-0.2, 0) is 0 Å². The number of likely N-dealkylation sites (N-methyl/N-ethyl adjacent to an activating group) is 1. The Morgan fingerprint density at radius 1 is 1.52 bits per heavy atom. The van der Waals surface area contributed by atoms with Crippen LogP contribution in [0.3, 0.4) is 0 Å². The number of para-hydroxylation sites is 1. The number of benzene rings is 1. The van der Waals surface area contributed by atoms with Gasteiger partial charge in [-0.1, -0.05) is 6.07 Å². The van der Waals surface area contributed by atoms with E-state index in [4.69, 9.17) is 0 Å². The van der Waals surface area contributed by atoms with Gasteiger partial charge in [0.25, 0.3) is 0 Å². The van der Waals surface area contributed by atoms with E-state index in [1.54, 1.807) is 12.1 Å². The Kier molecular flexibility index (Phi) is 6.39. The second-order valence-corrected chi connectivity index (χ2v) is 7.04. The summed E-state index contributed by atoms with van der Waals surface area (Å²) in [7, 11) is 2.13. The summed E-state index contributed by atoms with van der Waals surface area (Å²) in [6.45, 7) is 1.76. The van der Waals surface area contributed by atoms with Crippen molar-refractivity contribution >= 4 is 28.6 Å². The number of phenolic OH excluding ortho intramolecular Hbond substituents is 1. The van der Waals surface area contributed by atoms with Gasteiger partial charge in [-0.25, -0.2) is 4.39 Å². The number of hydrogen-bond donors (Lipinski definition) is 1. The van der Waals surface area contributed by atoms with Crippen LogP contribution in [0, 0.1) is 5.82 Å². The Bertz CT molecular complexity index is 510. The Morgan fingerprint density at radius 2 is 2.33 bits per heavy atom. The first-order valence-electron chi connectivity index (χ1n) is 6.97. The molecule has 21 heavy (non-hydrogen) atoms. The largest absolute Gasteiger partial charge is 0.504 e. The fourth-order valence-electron chi connectivity index (χ4n) is 2.30. The second kappa shape index (κ2) is 8.06. The van der Waals surface area contributed by atoms with Crippen molar-refractivity contribution in [2.75, 3.05) is 37.9 Å². The van der Waals surface area contributed by atoms with Gasteiger partial charge in [0.05, 0.1) is 12.1 Å². The maximum Gasteiger partial charge on any atom is 0.165 e. The third kappa shape index (κ3) is 4.37. The van der Waals surface area contributed by atoms with E-state index in [1.165, 1.54) is 17.8 Å². The van der Waals surface area contributed by atoms with E-state index in [0.29, 0.717) is 23.2 Å². The summed E-state index contributed by atoms with van der Waals surface area (Å²) in [6, 6.07) is 4.98. The van der Waals surface area contributed by atoms with Gasteiger partial charge in [0.1, 0.15) is 5.04 Å². The van der Waals surface area contributed by atoms with Gasteiger partial charge in [0.2, 0.25) is 0 Å². The number of aliphatic imine (C=N–C) groups is 1. The van der Waals surface area contributed by atoms with Gasteiger partial charge in [-0.05, 0) is 37.6 Å². The quantitative estimate of drug-likeness (QED) is 0.683. The minimum absolute atomic E-state index is 0.310. The van der Waals surface area contributed by atoms with Crippen LogP contribution >= 0.6 is 23.5 Å². The van der Waals surface area contributed by atoms with Gasteiger partial charge < -0.3 is 10.0 Å². The maximum absolute atomic E-state index is 13.5. The third-order valence-corrected chi connectivity index (χ3v) is 5.39. The molecule has 1 N–H and O–H groups in total. The zero-order valence-electron chi connectivity index (χ0n) is 12.4. The third-order valence-electron chi connectivity index (χ3n) is 3.66. The van der Waals surface area contributed by atoms with Crippen LogP contribution in [0.2, 0.25) is 0 Å². The van der Waals surface area contributed by atoms with E-state index in [-0.39, 0.29) is 5.75 Å². The second-order valence-electron chi connectivity index (χ2n) is 5.02. The molecule has 1 fully saturated rings. The first-order valence-corrected chi connectivity index (χ1v) is 9.35. The highest BCUT2D eigenvalue weighted by Crippen LogP contribution is 2.25. The highest BCUT2D eigenvalue weighted by atomic mass is 32.2. The van der Waals surface area contributed by atoms with Gasteiger partial charge in [0, 0.05) is 18.3 Å². The zero-order chi connectivity index (χ0) is 15.2. The lowest BCUT2D eigenvalue weighted by molar-refractivity contribution is 0.261. The van der Waals surface area contributed by atoms with Crippen molar-refractivity contribution < 1.29 is 9.50 Å². The predicted octanol–water partition coefficient (Wildman–Crippen LogP) is 3.08. The molecule has 0 amide bonds. The van der Waals surface area contributed by atoms with Gasteiger partial charge in [-0.3, -0.25) is 4.99 Å². The molecule has 3 nitrogen and oxygen atoms in total. The monoisotopic (exact) mass is 328 g/mol. The van der Waals surface area contributed by atoms with Gasteiger partial charge in [-0.15, -0.1) is 11.8 Å². The summed E-state index contributed by atoms with van der Waals surface area (Å²) in [5, 5.41) is 10.5. The van der Waals surface area contributed by atoms with Crippen LogP contribution in [0.5, 0.6) is 5.75 Å². The summed E-state index contributed by atoms with van der Waals surface area (Å²) in [5.41, 5.74) is 0.480. The molecule has 116 valence electrons. The van der Waals surface area contributed by atoms with Gasteiger partial charge in [-0.2, -0.15) is 11.8 Å². The van der Waals surface area contributed by atoms with E-state index in [2.05, 4.69) is 16.9 Å². The normalized spacial score (nSPS) is 21.3. The maximum atomic E-state index is 13.5. The average molecular weight is 328 g/mol. The number of thioether (sulfide) groups is 2. The van der Waals surface area contributed by atoms with E-state index in [1.807, 2.05) is 18.0 Å². The number of phenols is 1. The van der Waals surface area contributed by atoms with Crippen LogP contribution < -0.4 is 0 Å². The van der Waals surface area contributed by atoms with Crippen molar-refractivity contribution in [3.8, 4) is 5.75 Å². The van der Waals surface area contributed by atoms with Crippen molar-refractivity contribution in [1.82, 2.24) is 4.90 Å². The molecular formula is C15H21FN2OS2. The van der Waals surface area contributed by atoms with Crippen molar-refractivity contribution in [1.29, 1.82) is 0 Å². The molecular weight excluding hydrogens is 307 g/mol. The van der Waals surface area contributed by atoms with E-state index >= 15 is 0 Å². The van der Waals surface area contributed by atoms with Crippen LogP contribution in [0.15, 0.2) is 23.2 Å². The summed E-state index contributed by atoms with van der Waals surface area (Å²) < 4.78 is 13.5. The molecule has 2 rings (SSSR count). The Labute approximate surface area is 134 Å². The summed E-state index contributed by atoms with van der Waals surface area (Å²) in [4.78, 5) is 6.97. The number of rotatable bonds is 3. The topological polar surface area (TPSA) is 35.8 Å². The predicted molar refractivity (Wildman–Crippen MR) is 91.3 cm³/mol. The first-order chi connectivity index (χ1) is 10.1. The van der Waals surface area contributed by atoms with Crippen molar-refractivity contribution in [3.63, 3.8) is 0 Å². The fourth-order valence-corrected chi connectivity index (χ4v) is 3.95. The Hall–Kier alpha value is -0.720. The molecule has 1 saturated heterocycles. The molecule has 1 unspecified atom stereocenters. The van der Waals surface area contributed by atoms with Crippen LogP contribution in [0.25, 0.3) is 0 Å². The highest BCUT2D eigenvalue weighted by Gasteiger charge is 2.18. The summed E-state index contributed by atoms with van der Waals surface area (Å²) in [6.07, 6.45) is 3.01. The lowest BCUT2D eigenvalue weighted by Gasteiger charge is -2.23. The molecule has 1 aliphatic heterocycles. The molecule has 6 heteroatoms. The number of nitrogens with zero attached hydrogens (tertiary/aromatic N) is 2. The molecule has 0 radical (unpaired) electrons. The van der Waals surface area contributed by atoms with Crippen LogP contribution in [-0.4, -0.2) is 59.0 Å². The zero-order valence-corrected chi connectivity index (χ0v) is 14.0. The smallest absolute Gasteiger partial charge is 0.165 e. The molecule has 0 bridgehead atoms. The molecule has 0 saturated carbocycles. The molecule has 0 aromatic heterocycles. The molecule has 0 spiro atoms. The van der Waals surface area contributed by atoms with Gasteiger partial charge >= 0.3 is 0 Å². The van der Waals surface area contributed by atoms with E-state index in [9.17, 15) is 9.50 Å². The number of hydrogen-bond acceptors (Lipinski definition) is 5. The lowest BCUT2D eigenvalue weighted by atomic mass is 10.2. The minimum atomic E-state index is -0.600. The minimum Gasteiger partial charge on any atom is -0.504 e. The summed E-state index contributed by atoms with van der Waals surface area (Å²) >= 11 is 3.42. The van der Waals surface area contributed by atoms with Gasteiger partial charge in [0.15, 0.2) is 11.6 Å². The van der Waals surface area contributed by atoms with Crippen LogP contribution in [0.1, 0.15) is 12.0 Å². The molecule has 1 aromatic rings. The molecule has 0 aliphatic carbocycles. The number of aromatic hydroxyl groups is 1. The van der Waals surface area contributed by atoms with Crippen molar-refractivity contribution in [2.24, 2.45) is 4.99 Å². The fraction of sp³-hybridized carbons (Fsp3) is 0.533. The molecule has 1 atom stereocenters. The Morgan fingerprint density at radius 3 is 3.10 bits per heavy atom. The highest BCUT2D eigenvalue weighted by molar-refractivity contribution is 8.13. The number of halogens is 1. The molecule has 1 aromatic carbocycles. The van der Waals surface area contributed by atoms with Crippen molar-refractivity contribution in [3.05, 3.63) is 29.6 Å².